The van der Waals surface area contributed by atoms with Crippen LogP contribution in [0.5, 0.6) is 0 Å². The Morgan fingerprint density at radius 2 is 1.31 bits per heavy atom. The van der Waals surface area contributed by atoms with Crippen LogP contribution in [0.1, 0.15) is 11.0 Å². The molecule has 0 bridgehead atoms. The van der Waals surface area contributed by atoms with Gasteiger partial charge in [-0.1, -0.05) is 78.8 Å². The Morgan fingerprint density at radius 1 is 0.562 bits per heavy atom. The first-order valence-electron chi connectivity index (χ1n) is 14.3. The molecule has 7 rings (SSSR count). The van der Waals surface area contributed by atoms with E-state index in [0.29, 0.717) is 22.0 Å². The van der Waals surface area contributed by atoms with Gasteiger partial charge < -0.3 is 9.55 Å². The largest absolute Gasteiger partial charge is 0.354 e. The highest BCUT2D eigenvalue weighted by molar-refractivity contribution is 6.28. The van der Waals surface area contributed by atoms with Crippen molar-refractivity contribution in [3.63, 3.8) is 0 Å². The van der Waals surface area contributed by atoms with E-state index in [1.807, 2.05) is 54.6 Å². The van der Waals surface area contributed by atoms with Gasteiger partial charge in [0.05, 0.1) is 22.0 Å². The van der Waals surface area contributed by atoms with Gasteiger partial charge in [0.15, 0.2) is 0 Å². The Morgan fingerprint density at radius 3 is 2.16 bits per heavy atom. The lowest BCUT2D eigenvalue weighted by molar-refractivity contribution is 1.18. The Labute approximate surface area is 196 Å². The molecule has 0 fully saturated rings. The van der Waals surface area contributed by atoms with E-state index >= 15 is 0 Å². The smallest absolute Gasteiger partial charge is 0.0646 e. The third kappa shape index (κ3) is 2.41. The van der Waals surface area contributed by atoms with E-state index in [1.54, 1.807) is 4.57 Å². The van der Waals surface area contributed by atoms with Gasteiger partial charge in [0.25, 0.3) is 0 Å². The number of aromatic amines is 1. The quantitative estimate of drug-likeness (QED) is 0.294. The Kier molecular flexibility index (Phi) is 2.34. The molecular weight excluding hydrogens is 388 g/mol. The van der Waals surface area contributed by atoms with Crippen molar-refractivity contribution in [1.29, 1.82) is 0 Å². The fourth-order valence-corrected chi connectivity index (χ4v) is 4.51. The molecular formula is C30H20N2. The molecule has 0 radical (unpaired) electrons. The normalized spacial score (nSPS) is 15.2. The van der Waals surface area contributed by atoms with Crippen LogP contribution >= 0.6 is 0 Å². The van der Waals surface area contributed by atoms with Crippen molar-refractivity contribution in [3.05, 3.63) is 115 Å². The van der Waals surface area contributed by atoms with Gasteiger partial charge in [0.2, 0.25) is 0 Å². The average molecular weight is 417 g/mol. The highest BCUT2D eigenvalue weighted by Gasteiger charge is 2.17. The number of hydrogen-bond acceptors (Lipinski definition) is 0. The lowest BCUT2D eigenvalue weighted by Gasteiger charge is -2.09. The molecule has 2 nitrogen and oxygen atoms in total. The van der Waals surface area contributed by atoms with Crippen molar-refractivity contribution in [1.82, 2.24) is 9.55 Å². The molecule has 32 heavy (non-hydrogen) atoms. The van der Waals surface area contributed by atoms with Gasteiger partial charge in [-0.05, 0) is 47.4 Å². The highest BCUT2D eigenvalue weighted by Crippen LogP contribution is 2.39. The summed E-state index contributed by atoms with van der Waals surface area (Å²) in [6.07, 6.45) is 0. The summed E-state index contributed by atoms with van der Waals surface area (Å²) >= 11 is 0. The minimum absolute atomic E-state index is 0.00767. The van der Waals surface area contributed by atoms with Crippen molar-refractivity contribution in [2.75, 3.05) is 0 Å². The molecule has 0 saturated carbocycles. The maximum atomic E-state index is 9.06. The van der Waals surface area contributed by atoms with Crippen molar-refractivity contribution in [2.24, 2.45) is 0 Å². The number of nitrogens with zero attached hydrogens (tertiary/aromatic N) is 1. The summed E-state index contributed by atoms with van der Waals surface area (Å²) in [6, 6.07) is 19.1. The lowest BCUT2D eigenvalue weighted by Crippen LogP contribution is -1.93. The number of rotatable bonds is 2. The fraction of sp³-hybridized carbons (Fsp3) is 0. The molecule has 150 valence electrons. The van der Waals surface area contributed by atoms with Gasteiger partial charge >= 0.3 is 0 Å². The van der Waals surface area contributed by atoms with Crippen molar-refractivity contribution < 1.29 is 11.0 Å². The highest BCUT2D eigenvalue weighted by atomic mass is 15.0. The molecule has 2 aromatic heterocycles. The van der Waals surface area contributed by atoms with Crippen LogP contribution in [-0.2, 0) is 0 Å². The van der Waals surface area contributed by atoms with E-state index in [4.69, 9.17) is 11.0 Å². The summed E-state index contributed by atoms with van der Waals surface area (Å²) in [4.78, 5) is 3.04. The number of nitrogens with one attached hydrogen (secondary N) is 1. The number of hydrogen-bond donors (Lipinski definition) is 1. The number of fused-ring (bicyclic) bond motifs is 7. The van der Waals surface area contributed by atoms with E-state index in [9.17, 15) is 0 Å². The first kappa shape index (κ1) is 11.4. The van der Waals surface area contributed by atoms with Crippen LogP contribution in [-0.4, -0.2) is 9.55 Å². The molecule has 0 aliphatic carbocycles. The van der Waals surface area contributed by atoms with E-state index in [-0.39, 0.29) is 75.7 Å². The number of benzene rings is 5. The van der Waals surface area contributed by atoms with Gasteiger partial charge in [0.1, 0.15) is 0 Å². The maximum absolute atomic E-state index is 9.06. The van der Waals surface area contributed by atoms with E-state index in [1.165, 1.54) is 12.1 Å². The zero-order valence-corrected chi connectivity index (χ0v) is 16.8. The number of aromatic nitrogens is 2. The van der Waals surface area contributed by atoms with Crippen LogP contribution in [0, 0.1) is 0 Å². The van der Waals surface area contributed by atoms with Crippen LogP contribution in [0.2, 0.25) is 0 Å². The minimum Gasteiger partial charge on any atom is -0.354 e. The molecule has 1 N–H and O–H groups in total. The Bertz CT molecular complexity index is 2180. The van der Waals surface area contributed by atoms with E-state index in [2.05, 4.69) is 4.98 Å². The average Bonchev–Trinajstić information content (AvgIpc) is 3.52. The first-order chi connectivity index (χ1) is 19.2. The molecule has 2 heterocycles. The molecule has 0 unspecified atom stereocenters. The van der Waals surface area contributed by atoms with E-state index in [0.717, 1.165) is 11.1 Å². The molecule has 5 aromatic carbocycles. The summed E-state index contributed by atoms with van der Waals surface area (Å²) in [6.45, 7) is 0. The predicted octanol–water partition coefficient (Wildman–Crippen LogP) is 8.09. The minimum atomic E-state index is -0.154. The molecule has 0 aliphatic rings. The second-order valence-corrected chi connectivity index (χ2v) is 7.69. The van der Waals surface area contributed by atoms with E-state index < -0.39 is 0 Å². The Hall–Kier alpha value is -4.30. The predicted molar refractivity (Wildman–Crippen MR) is 136 cm³/mol. The monoisotopic (exact) mass is 416 g/mol. The van der Waals surface area contributed by atoms with Gasteiger partial charge in [-0.2, -0.15) is 0 Å². The Balaban J connectivity index is 1.72. The van der Waals surface area contributed by atoms with Crippen LogP contribution in [0.3, 0.4) is 0 Å². The second-order valence-electron chi connectivity index (χ2n) is 7.69. The molecule has 0 spiro atoms. The summed E-state index contributed by atoms with van der Waals surface area (Å²) in [5.41, 5.74) is 3.70. The van der Waals surface area contributed by atoms with Gasteiger partial charge in [-0.15, -0.1) is 0 Å². The standard InChI is InChI=1S/C30H20N2/c1-2-8-20(9-3-1)21-14-16-22(17-15-21)32-27-13-7-5-11-24(27)30-28(32)19-18-26-29(30)23-10-4-6-12-25(23)31-26/h1-19,31H/i4D,5D,10D,11D,12D,13D,18D,19D. The van der Waals surface area contributed by atoms with Gasteiger partial charge in [-0.25, -0.2) is 0 Å². The van der Waals surface area contributed by atoms with Crippen molar-refractivity contribution in [3.8, 4) is 16.8 Å². The zero-order valence-electron chi connectivity index (χ0n) is 24.8. The molecule has 0 aliphatic heterocycles. The lowest BCUT2D eigenvalue weighted by atomic mass is 10.1. The van der Waals surface area contributed by atoms with Gasteiger partial charge in [0, 0.05) is 38.3 Å². The molecule has 0 saturated heterocycles. The summed E-state index contributed by atoms with van der Waals surface area (Å²) in [5, 5.41) is 1.23. The summed E-state index contributed by atoms with van der Waals surface area (Å²) < 4.78 is 71.1. The molecule has 0 atom stereocenters. The summed E-state index contributed by atoms with van der Waals surface area (Å²) in [7, 11) is 0. The topological polar surface area (TPSA) is 20.7 Å². The fourth-order valence-electron chi connectivity index (χ4n) is 4.51. The third-order valence-corrected chi connectivity index (χ3v) is 5.92. The SMILES string of the molecule is [2H]c1cc([2H])c2[nH]c3c([2H])c([2H])c4c(c5c([2H])c([2H])cc([2H])c5n4-c4ccc(-c5ccccc5)cc4)c3c2c1[2H]. The van der Waals surface area contributed by atoms with Crippen LogP contribution < -0.4 is 0 Å². The zero-order chi connectivity index (χ0) is 28.0. The first-order valence-corrected chi connectivity index (χ1v) is 10.3. The van der Waals surface area contributed by atoms with Crippen molar-refractivity contribution >= 4 is 43.6 Å². The van der Waals surface area contributed by atoms with Crippen LogP contribution in [0.25, 0.3) is 60.4 Å². The second kappa shape index (κ2) is 6.60. The summed E-state index contributed by atoms with van der Waals surface area (Å²) in [5.74, 6) is 0. The number of H-pyrrole nitrogens is 1. The number of para-hydroxylation sites is 2. The van der Waals surface area contributed by atoms with Crippen molar-refractivity contribution in [2.45, 2.75) is 0 Å². The molecule has 0 amide bonds. The molecule has 2 heteroatoms. The molecule has 7 aromatic rings. The maximum Gasteiger partial charge on any atom is 0.0646 e. The van der Waals surface area contributed by atoms with Crippen LogP contribution in [0.15, 0.2) is 115 Å². The third-order valence-electron chi connectivity index (χ3n) is 5.92. The van der Waals surface area contributed by atoms with Gasteiger partial charge in [-0.3, -0.25) is 0 Å². The van der Waals surface area contributed by atoms with Crippen LogP contribution in [0.4, 0.5) is 0 Å².